The summed E-state index contributed by atoms with van der Waals surface area (Å²) in [7, 11) is -0.833. The van der Waals surface area contributed by atoms with Crippen molar-refractivity contribution in [3.8, 4) is 11.5 Å². The molecule has 9 nitrogen and oxygen atoms in total. The number of carbonyl (C=O) groups excluding carboxylic acids is 2. The molecule has 0 saturated carbocycles. The van der Waals surface area contributed by atoms with Crippen LogP contribution in [-0.4, -0.2) is 46.7 Å². The fraction of sp³-hybridized carbons (Fsp3) is 0.333. The molecule has 2 aromatic carbocycles. The highest BCUT2D eigenvalue weighted by atomic mass is 35.5. The summed E-state index contributed by atoms with van der Waals surface area (Å²) < 4.78 is 42.3. The van der Waals surface area contributed by atoms with E-state index in [1.54, 1.807) is 13.8 Å². The molecule has 0 heterocycles. The summed E-state index contributed by atoms with van der Waals surface area (Å²) in [5, 5.41) is 2.72. The largest absolute Gasteiger partial charge is 0.493 e. The lowest BCUT2D eigenvalue weighted by molar-refractivity contribution is -0.123. The number of methoxy groups -OCH3 is 2. The van der Waals surface area contributed by atoms with Gasteiger partial charge in [0.05, 0.1) is 29.7 Å². The molecule has 0 aliphatic rings. The third-order valence-corrected chi connectivity index (χ3v) is 6.10. The average Bonchev–Trinajstić information content (AvgIpc) is 2.72. The number of carbonyl (C=O) groups is 2. The van der Waals surface area contributed by atoms with Crippen molar-refractivity contribution in [2.24, 2.45) is 0 Å². The van der Waals surface area contributed by atoms with Gasteiger partial charge in [-0.15, -0.1) is 0 Å². The maximum absolute atomic E-state index is 12.4. The van der Waals surface area contributed by atoms with Gasteiger partial charge in [-0.1, -0.05) is 11.6 Å². The second kappa shape index (κ2) is 10.7. The van der Waals surface area contributed by atoms with E-state index in [1.807, 2.05) is 0 Å². The number of benzene rings is 2. The smallest absolute Gasteiger partial charge is 0.339 e. The van der Waals surface area contributed by atoms with E-state index in [9.17, 15) is 18.0 Å². The minimum atomic E-state index is -3.64. The Kier molecular flexibility index (Phi) is 8.48. The highest BCUT2D eigenvalue weighted by molar-refractivity contribution is 7.89. The highest BCUT2D eigenvalue weighted by Crippen LogP contribution is 2.36. The summed E-state index contributed by atoms with van der Waals surface area (Å²) in [6.45, 7) is 4.83. The zero-order valence-corrected chi connectivity index (χ0v) is 19.8. The Morgan fingerprint density at radius 2 is 1.62 bits per heavy atom. The van der Waals surface area contributed by atoms with Crippen molar-refractivity contribution in [1.82, 2.24) is 4.72 Å². The Morgan fingerprint density at radius 1 is 1.00 bits per heavy atom. The lowest BCUT2D eigenvalue weighted by atomic mass is 10.2. The van der Waals surface area contributed by atoms with Crippen LogP contribution in [0, 0.1) is 0 Å². The van der Waals surface area contributed by atoms with Gasteiger partial charge in [-0.2, -0.15) is 0 Å². The summed E-state index contributed by atoms with van der Waals surface area (Å²) in [6, 6.07) is 8.09. The first kappa shape index (κ1) is 25.4. The Hall–Kier alpha value is -2.82. The van der Waals surface area contributed by atoms with Crippen LogP contribution in [0.25, 0.3) is 0 Å². The number of hydrogen-bond acceptors (Lipinski definition) is 7. The second-order valence-corrected chi connectivity index (χ2v) is 9.15. The Labute approximate surface area is 192 Å². The van der Waals surface area contributed by atoms with E-state index in [2.05, 4.69) is 10.0 Å². The van der Waals surface area contributed by atoms with E-state index in [0.29, 0.717) is 5.69 Å². The quantitative estimate of drug-likeness (QED) is 0.524. The molecule has 0 spiro atoms. The molecular weight excluding hydrogens is 460 g/mol. The molecule has 2 aromatic rings. The number of hydrogen-bond donors (Lipinski definition) is 2. The zero-order chi connectivity index (χ0) is 24.1. The predicted molar refractivity (Wildman–Crippen MR) is 120 cm³/mol. The molecule has 0 aliphatic carbocycles. The number of ether oxygens (including phenoxy) is 3. The number of anilines is 1. The Morgan fingerprint density at radius 3 is 2.16 bits per heavy atom. The van der Waals surface area contributed by atoms with Crippen LogP contribution in [0.15, 0.2) is 41.3 Å². The first-order valence-electron chi connectivity index (χ1n) is 9.54. The molecule has 0 saturated heterocycles. The van der Waals surface area contributed by atoms with Crippen LogP contribution < -0.4 is 19.5 Å². The first-order valence-corrected chi connectivity index (χ1v) is 11.4. The minimum absolute atomic E-state index is 0.0639. The van der Waals surface area contributed by atoms with Gasteiger partial charge in [-0.25, -0.2) is 17.9 Å². The standard InChI is InChI=1S/C21H25ClN2O7S/c1-12(2)24-32(27,28)16-8-6-15(7-9-16)23-20(25)13(3)31-21(26)14-10-17(22)19(30-5)18(11-14)29-4/h6-13,24H,1-5H3,(H,23,25)/t13-/m0/s1. The Balaban J connectivity index is 2.06. The van der Waals surface area contributed by atoms with Crippen LogP contribution in [0.5, 0.6) is 11.5 Å². The summed E-state index contributed by atoms with van der Waals surface area (Å²) in [5.74, 6) is -0.867. The second-order valence-electron chi connectivity index (χ2n) is 7.03. The van der Waals surface area contributed by atoms with E-state index in [4.69, 9.17) is 25.8 Å². The molecule has 0 fully saturated rings. The average molecular weight is 485 g/mol. The normalized spacial score (nSPS) is 12.2. The number of sulfonamides is 1. The van der Waals surface area contributed by atoms with Gasteiger partial charge in [0.1, 0.15) is 0 Å². The number of esters is 1. The zero-order valence-electron chi connectivity index (χ0n) is 18.3. The molecule has 11 heteroatoms. The summed E-state index contributed by atoms with van der Waals surface area (Å²) in [6.07, 6.45) is -1.14. The molecule has 32 heavy (non-hydrogen) atoms. The van der Waals surface area contributed by atoms with Crippen molar-refractivity contribution in [2.45, 2.75) is 37.8 Å². The van der Waals surface area contributed by atoms with E-state index in [-0.39, 0.29) is 33.0 Å². The molecule has 174 valence electrons. The monoisotopic (exact) mass is 484 g/mol. The van der Waals surface area contributed by atoms with Crippen molar-refractivity contribution in [3.63, 3.8) is 0 Å². The van der Waals surface area contributed by atoms with Gasteiger partial charge in [0.2, 0.25) is 10.0 Å². The van der Waals surface area contributed by atoms with Gasteiger partial charge in [-0.3, -0.25) is 4.79 Å². The lowest BCUT2D eigenvalue weighted by Crippen LogP contribution is -2.30. The van der Waals surface area contributed by atoms with E-state index in [0.717, 1.165) is 0 Å². The van der Waals surface area contributed by atoms with Crippen LogP contribution in [-0.2, 0) is 19.6 Å². The van der Waals surface area contributed by atoms with Crippen LogP contribution in [0.3, 0.4) is 0 Å². The molecule has 0 aromatic heterocycles. The maximum Gasteiger partial charge on any atom is 0.339 e. The number of halogens is 1. The highest BCUT2D eigenvalue weighted by Gasteiger charge is 2.22. The van der Waals surface area contributed by atoms with Gasteiger partial charge in [0.15, 0.2) is 17.6 Å². The van der Waals surface area contributed by atoms with Gasteiger partial charge >= 0.3 is 5.97 Å². The van der Waals surface area contributed by atoms with E-state index in [1.165, 1.54) is 57.5 Å². The van der Waals surface area contributed by atoms with Gasteiger partial charge in [0.25, 0.3) is 5.91 Å². The molecular formula is C21H25ClN2O7S. The molecule has 0 bridgehead atoms. The van der Waals surface area contributed by atoms with Crippen molar-refractivity contribution < 1.29 is 32.2 Å². The van der Waals surface area contributed by atoms with E-state index >= 15 is 0 Å². The third-order valence-electron chi connectivity index (χ3n) is 4.15. The van der Waals surface area contributed by atoms with Gasteiger partial charge in [0, 0.05) is 11.7 Å². The summed E-state index contributed by atoms with van der Waals surface area (Å²) >= 11 is 6.10. The van der Waals surface area contributed by atoms with Crippen molar-refractivity contribution in [2.75, 3.05) is 19.5 Å². The molecule has 0 radical (unpaired) electrons. The topological polar surface area (TPSA) is 120 Å². The van der Waals surface area contributed by atoms with Crippen molar-refractivity contribution >= 4 is 39.2 Å². The molecule has 2 rings (SSSR count). The number of rotatable bonds is 9. The predicted octanol–water partition coefficient (Wildman–Crippen LogP) is 3.23. The summed E-state index contributed by atoms with van der Waals surface area (Å²) in [4.78, 5) is 24.9. The molecule has 0 aliphatic heterocycles. The van der Waals surface area contributed by atoms with Gasteiger partial charge in [-0.05, 0) is 57.2 Å². The maximum atomic E-state index is 12.4. The SMILES string of the molecule is COc1cc(C(=O)O[C@@H](C)C(=O)Nc2ccc(S(=O)(=O)NC(C)C)cc2)cc(Cl)c1OC. The third kappa shape index (κ3) is 6.35. The summed E-state index contributed by atoms with van der Waals surface area (Å²) in [5.41, 5.74) is 0.426. The van der Waals surface area contributed by atoms with Crippen molar-refractivity contribution in [3.05, 3.63) is 47.0 Å². The number of nitrogens with one attached hydrogen (secondary N) is 2. The van der Waals surface area contributed by atoms with Crippen LogP contribution in [0.1, 0.15) is 31.1 Å². The van der Waals surface area contributed by atoms with Crippen LogP contribution >= 0.6 is 11.6 Å². The minimum Gasteiger partial charge on any atom is -0.493 e. The molecule has 1 amide bonds. The van der Waals surface area contributed by atoms with E-state index < -0.39 is 28.0 Å². The molecule has 1 atom stereocenters. The fourth-order valence-electron chi connectivity index (χ4n) is 2.66. The van der Waals surface area contributed by atoms with Gasteiger partial charge < -0.3 is 19.5 Å². The fourth-order valence-corrected chi connectivity index (χ4v) is 4.20. The number of amides is 1. The van der Waals surface area contributed by atoms with Crippen molar-refractivity contribution in [1.29, 1.82) is 0 Å². The van der Waals surface area contributed by atoms with Crippen LogP contribution in [0.4, 0.5) is 5.69 Å². The Bertz CT molecular complexity index is 1090. The lowest BCUT2D eigenvalue weighted by Gasteiger charge is -2.15. The first-order chi connectivity index (χ1) is 15.0. The molecule has 2 N–H and O–H groups in total. The molecule has 0 unspecified atom stereocenters. The van der Waals surface area contributed by atoms with Crippen LogP contribution in [0.2, 0.25) is 5.02 Å².